The first-order chi connectivity index (χ1) is 6.46. The monoisotopic (exact) mass is 249 g/mol. The molecule has 0 amide bonds. The molecule has 0 aliphatic rings. The molecule has 0 saturated heterocycles. The van der Waals surface area contributed by atoms with E-state index in [0.717, 1.165) is 13.8 Å². The van der Waals surface area contributed by atoms with Gasteiger partial charge in [-0.2, -0.15) is 13.2 Å². The average Bonchev–Trinajstić information content (AvgIpc) is 1.94. The largest absolute Gasteiger partial charge is 0.748 e. The van der Waals surface area contributed by atoms with Crippen molar-refractivity contribution in [1.29, 1.82) is 0 Å². The number of halogens is 3. The van der Waals surface area contributed by atoms with Crippen LogP contribution in [-0.4, -0.2) is 37.1 Å². The molecule has 0 bridgehead atoms. The lowest BCUT2D eigenvalue weighted by atomic mass is 10.1. The zero-order valence-electron chi connectivity index (χ0n) is 8.30. The minimum atomic E-state index is -4.52. The van der Waals surface area contributed by atoms with Crippen LogP contribution in [0.3, 0.4) is 0 Å². The van der Waals surface area contributed by atoms with Gasteiger partial charge in [-0.05, 0) is 20.3 Å². The molecule has 0 aromatic heterocycles. The van der Waals surface area contributed by atoms with Crippen LogP contribution in [0.15, 0.2) is 0 Å². The molecule has 92 valence electrons. The van der Waals surface area contributed by atoms with Crippen LogP contribution in [0.4, 0.5) is 13.2 Å². The van der Waals surface area contributed by atoms with E-state index in [4.69, 9.17) is 0 Å². The van der Waals surface area contributed by atoms with E-state index in [1.54, 1.807) is 0 Å². The van der Waals surface area contributed by atoms with Gasteiger partial charge in [-0.25, -0.2) is 8.42 Å². The van der Waals surface area contributed by atoms with Crippen molar-refractivity contribution in [2.45, 2.75) is 32.0 Å². The van der Waals surface area contributed by atoms with Gasteiger partial charge in [-0.3, -0.25) is 0 Å². The topological polar surface area (TPSA) is 66.4 Å². The fourth-order valence-corrected chi connectivity index (χ4v) is 1.12. The molecule has 8 heteroatoms. The van der Waals surface area contributed by atoms with Gasteiger partial charge in [0, 0.05) is 12.4 Å². The molecule has 0 spiro atoms. The Kier molecular flexibility index (Phi) is 4.56. The molecule has 0 aliphatic carbocycles. The van der Waals surface area contributed by atoms with Gasteiger partial charge < -0.3 is 9.29 Å². The van der Waals surface area contributed by atoms with Crippen LogP contribution in [0, 0.1) is 0 Å². The van der Waals surface area contributed by atoms with E-state index in [1.165, 1.54) is 0 Å². The summed E-state index contributed by atoms with van der Waals surface area (Å²) in [4.78, 5) is 0. The number of ether oxygens (including phenoxy) is 1. The van der Waals surface area contributed by atoms with Crippen molar-refractivity contribution < 1.29 is 30.9 Å². The van der Waals surface area contributed by atoms with Gasteiger partial charge in [-0.15, -0.1) is 0 Å². The van der Waals surface area contributed by atoms with Gasteiger partial charge in [0.25, 0.3) is 0 Å². The second-order valence-electron chi connectivity index (χ2n) is 3.47. The normalized spacial score (nSPS) is 14.3. The Balaban J connectivity index is 3.98. The van der Waals surface area contributed by atoms with Gasteiger partial charge in [0.05, 0.1) is 10.1 Å². The van der Waals surface area contributed by atoms with Crippen molar-refractivity contribution in [3.8, 4) is 0 Å². The predicted octanol–water partition coefficient (Wildman–Crippen LogP) is 1.28. The van der Waals surface area contributed by atoms with E-state index in [9.17, 15) is 26.1 Å². The van der Waals surface area contributed by atoms with Crippen LogP contribution in [0.1, 0.15) is 20.3 Å². The molecule has 4 nitrogen and oxygen atoms in total. The molecule has 0 aromatic rings. The summed E-state index contributed by atoms with van der Waals surface area (Å²) in [6.07, 6.45) is -4.77. The molecule has 15 heavy (non-hydrogen) atoms. The molecule has 0 unspecified atom stereocenters. The first-order valence-corrected chi connectivity index (χ1v) is 5.68. The minimum absolute atomic E-state index is 0.245. The van der Waals surface area contributed by atoms with Crippen molar-refractivity contribution in [1.82, 2.24) is 0 Å². The molecule has 0 aliphatic heterocycles. The van der Waals surface area contributed by atoms with Crippen LogP contribution >= 0.6 is 0 Å². The van der Waals surface area contributed by atoms with Crippen molar-refractivity contribution >= 4 is 10.1 Å². The second-order valence-corrected chi connectivity index (χ2v) is 5.00. The fourth-order valence-electron chi connectivity index (χ4n) is 0.645. The molecule has 0 rings (SSSR count). The van der Waals surface area contributed by atoms with E-state index < -0.39 is 34.3 Å². The molecule has 0 saturated carbocycles. The average molecular weight is 249 g/mol. The zero-order valence-corrected chi connectivity index (χ0v) is 9.11. The third-order valence-corrected chi connectivity index (χ3v) is 2.47. The molecule has 0 N–H and O–H groups in total. The highest BCUT2D eigenvalue weighted by Gasteiger charge is 2.48. The lowest BCUT2D eigenvalue weighted by Crippen LogP contribution is -2.42. The Morgan fingerprint density at radius 2 is 1.73 bits per heavy atom. The Bertz CT molecular complexity index is 294. The highest BCUT2D eigenvalue weighted by atomic mass is 32.2. The Morgan fingerprint density at radius 3 is 2.07 bits per heavy atom. The first kappa shape index (κ1) is 14.7. The molecule has 0 atom stereocenters. The summed E-state index contributed by atoms with van der Waals surface area (Å²) < 4.78 is 71.4. The Labute approximate surface area is 86.2 Å². The van der Waals surface area contributed by atoms with Crippen LogP contribution < -0.4 is 0 Å². The number of alkyl halides is 3. The lowest BCUT2D eigenvalue weighted by Gasteiger charge is -2.27. The van der Waals surface area contributed by atoms with Crippen molar-refractivity contribution in [2.24, 2.45) is 0 Å². The lowest BCUT2D eigenvalue weighted by molar-refractivity contribution is -0.263. The van der Waals surface area contributed by atoms with Gasteiger partial charge in [-0.1, -0.05) is 0 Å². The highest BCUT2D eigenvalue weighted by molar-refractivity contribution is 7.85. The first-order valence-electron chi connectivity index (χ1n) is 4.10. The van der Waals surface area contributed by atoms with Crippen molar-refractivity contribution in [3.63, 3.8) is 0 Å². The summed E-state index contributed by atoms with van der Waals surface area (Å²) in [6.45, 7) is 1.24. The van der Waals surface area contributed by atoms with Gasteiger partial charge in [0.1, 0.15) is 0 Å². The summed E-state index contributed by atoms with van der Waals surface area (Å²) in [5.74, 6) is -0.721. The molecule has 0 radical (unpaired) electrons. The highest BCUT2D eigenvalue weighted by Crippen LogP contribution is 2.32. The fraction of sp³-hybridized carbons (Fsp3) is 1.00. The SMILES string of the molecule is CC(C)(OCCCS(=O)(=O)[O-])C(F)(F)F. The van der Waals surface area contributed by atoms with E-state index in [1.807, 2.05) is 0 Å². The number of hydrogen-bond acceptors (Lipinski definition) is 4. The van der Waals surface area contributed by atoms with Gasteiger partial charge in [0.15, 0.2) is 5.60 Å². The Morgan fingerprint density at radius 1 is 1.27 bits per heavy atom. The smallest absolute Gasteiger partial charge is 0.416 e. The van der Waals surface area contributed by atoms with Crippen LogP contribution in [0.2, 0.25) is 0 Å². The summed E-state index contributed by atoms with van der Waals surface area (Å²) in [5.41, 5.74) is -2.33. The maximum absolute atomic E-state index is 12.2. The van der Waals surface area contributed by atoms with Crippen molar-refractivity contribution in [3.05, 3.63) is 0 Å². The molecule has 0 heterocycles. The predicted molar refractivity (Wildman–Crippen MR) is 45.3 cm³/mol. The standard InChI is InChI=1S/C7H13F3O4S/c1-6(2,7(8,9)10)14-4-3-5-15(11,12)13/h3-5H2,1-2H3,(H,11,12,13)/p-1. The molecular formula is C7H12F3O4S-. The maximum atomic E-state index is 12.2. The van der Waals surface area contributed by atoms with Crippen LogP contribution in [0.5, 0.6) is 0 Å². The molecular weight excluding hydrogens is 237 g/mol. The number of rotatable bonds is 5. The Hall–Kier alpha value is -0.340. The van der Waals surface area contributed by atoms with E-state index in [2.05, 4.69) is 4.74 Å². The maximum Gasteiger partial charge on any atom is 0.416 e. The quantitative estimate of drug-likeness (QED) is 0.543. The van der Waals surface area contributed by atoms with Gasteiger partial charge >= 0.3 is 6.18 Å². The second kappa shape index (κ2) is 4.67. The van der Waals surface area contributed by atoms with Crippen molar-refractivity contribution in [2.75, 3.05) is 12.4 Å². The summed E-state index contributed by atoms with van der Waals surface area (Å²) in [7, 11) is -4.39. The van der Waals surface area contributed by atoms with E-state index >= 15 is 0 Å². The van der Waals surface area contributed by atoms with Crippen LogP contribution in [-0.2, 0) is 14.9 Å². The van der Waals surface area contributed by atoms with E-state index in [-0.39, 0.29) is 6.42 Å². The third kappa shape index (κ3) is 5.95. The summed E-state index contributed by atoms with van der Waals surface area (Å²) >= 11 is 0. The van der Waals surface area contributed by atoms with E-state index in [0.29, 0.717) is 0 Å². The molecule has 0 fully saturated rings. The summed E-state index contributed by atoms with van der Waals surface area (Å²) in [6, 6.07) is 0. The van der Waals surface area contributed by atoms with Gasteiger partial charge in [0.2, 0.25) is 0 Å². The molecule has 0 aromatic carbocycles. The summed E-state index contributed by atoms with van der Waals surface area (Å²) in [5, 5.41) is 0. The number of hydrogen-bond donors (Lipinski definition) is 0. The van der Waals surface area contributed by atoms with Crippen LogP contribution in [0.25, 0.3) is 0 Å². The minimum Gasteiger partial charge on any atom is -0.748 e. The zero-order chi connectivity index (χ0) is 12.3. The third-order valence-electron chi connectivity index (χ3n) is 1.68.